The zero-order chi connectivity index (χ0) is 10.7. The number of nitrogens with two attached hydrogens (primary N) is 2. The predicted octanol–water partition coefficient (Wildman–Crippen LogP) is 1.47. The number of hydrogen-bond acceptors (Lipinski definition) is 5. The van der Waals surface area contributed by atoms with Gasteiger partial charge in [-0.2, -0.15) is 16.9 Å². The van der Waals surface area contributed by atoms with Crippen molar-refractivity contribution in [2.75, 3.05) is 17.2 Å². The van der Waals surface area contributed by atoms with Crippen LogP contribution >= 0.6 is 11.8 Å². The molecule has 0 aromatic carbocycles. The summed E-state index contributed by atoms with van der Waals surface area (Å²) in [5.41, 5.74) is 12.7. The van der Waals surface area contributed by atoms with Crippen LogP contribution in [0.1, 0.15) is 25.0 Å². The molecule has 1 aliphatic rings. The molecule has 0 bridgehead atoms. The van der Waals surface area contributed by atoms with E-state index in [1.165, 1.54) is 25.0 Å². The van der Waals surface area contributed by atoms with Gasteiger partial charge in [0.15, 0.2) is 5.82 Å². The lowest BCUT2D eigenvalue weighted by Gasteiger charge is -2.20. The Labute approximate surface area is 93.8 Å². The molecule has 0 aliphatic carbocycles. The first-order valence-electron chi connectivity index (χ1n) is 5.25. The van der Waals surface area contributed by atoms with Crippen molar-refractivity contribution in [2.24, 2.45) is 0 Å². The van der Waals surface area contributed by atoms with E-state index in [2.05, 4.69) is 10.2 Å². The van der Waals surface area contributed by atoms with Crippen LogP contribution in [0.2, 0.25) is 0 Å². The van der Waals surface area contributed by atoms with Gasteiger partial charge in [0.25, 0.3) is 0 Å². The standard InChI is InChI=1S/C10H16N4S/c11-9-6-7(13-14-10(9)12)5-8-3-1-2-4-15-8/h6,8H,1-5H2,(H2,11,13)(H2,12,14). The molecule has 4 nitrogen and oxygen atoms in total. The molecule has 0 spiro atoms. The fourth-order valence-corrected chi connectivity index (χ4v) is 3.09. The van der Waals surface area contributed by atoms with Crippen molar-refractivity contribution < 1.29 is 0 Å². The molecular formula is C10H16N4S. The first-order valence-corrected chi connectivity index (χ1v) is 6.30. The van der Waals surface area contributed by atoms with Gasteiger partial charge < -0.3 is 11.5 Å². The van der Waals surface area contributed by atoms with E-state index < -0.39 is 0 Å². The normalized spacial score (nSPS) is 21.5. The van der Waals surface area contributed by atoms with Crippen LogP contribution in [0.25, 0.3) is 0 Å². The van der Waals surface area contributed by atoms with Crippen LogP contribution in [-0.4, -0.2) is 21.2 Å². The van der Waals surface area contributed by atoms with Gasteiger partial charge in [0.1, 0.15) is 0 Å². The van der Waals surface area contributed by atoms with Gasteiger partial charge in [-0.1, -0.05) is 6.42 Å². The summed E-state index contributed by atoms with van der Waals surface area (Å²) in [6.45, 7) is 0. The van der Waals surface area contributed by atoms with Crippen LogP contribution in [0.4, 0.5) is 11.5 Å². The summed E-state index contributed by atoms with van der Waals surface area (Å²) < 4.78 is 0. The van der Waals surface area contributed by atoms with Crippen molar-refractivity contribution in [3.63, 3.8) is 0 Å². The lowest BCUT2D eigenvalue weighted by atomic mass is 10.1. The van der Waals surface area contributed by atoms with Crippen LogP contribution in [0.3, 0.4) is 0 Å². The number of nitrogen functional groups attached to an aromatic ring is 2. The Bertz CT molecular complexity index is 336. The topological polar surface area (TPSA) is 77.8 Å². The summed E-state index contributed by atoms with van der Waals surface area (Å²) in [6, 6.07) is 1.84. The summed E-state index contributed by atoms with van der Waals surface area (Å²) in [6.07, 6.45) is 4.91. The van der Waals surface area contributed by atoms with Crippen molar-refractivity contribution in [1.82, 2.24) is 10.2 Å². The van der Waals surface area contributed by atoms with E-state index in [0.29, 0.717) is 16.8 Å². The Morgan fingerprint density at radius 1 is 1.33 bits per heavy atom. The zero-order valence-electron chi connectivity index (χ0n) is 8.65. The molecule has 82 valence electrons. The fraction of sp³-hybridized carbons (Fsp3) is 0.600. The van der Waals surface area contributed by atoms with E-state index >= 15 is 0 Å². The first kappa shape index (κ1) is 10.5. The van der Waals surface area contributed by atoms with Crippen LogP contribution in [0.5, 0.6) is 0 Å². The monoisotopic (exact) mass is 224 g/mol. The van der Waals surface area contributed by atoms with Crippen LogP contribution in [0, 0.1) is 0 Å². The maximum Gasteiger partial charge on any atom is 0.169 e. The number of aromatic nitrogens is 2. The molecule has 2 rings (SSSR count). The highest BCUT2D eigenvalue weighted by Gasteiger charge is 2.15. The maximum atomic E-state index is 5.69. The van der Waals surface area contributed by atoms with Crippen LogP contribution in [0.15, 0.2) is 6.07 Å². The van der Waals surface area contributed by atoms with E-state index in [1.54, 1.807) is 0 Å². The van der Waals surface area contributed by atoms with Crippen molar-refractivity contribution in [3.05, 3.63) is 11.8 Å². The predicted molar refractivity (Wildman–Crippen MR) is 64.7 cm³/mol. The fourth-order valence-electron chi connectivity index (χ4n) is 1.76. The third-order valence-electron chi connectivity index (χ3n) is 2.61. The second-order valence-electron chi connectivity index (χ2n) is 3.87. The Balaban J connectivity index is 2.00. The molecule has 5 heteroatoms. The molecule has 1 aromatic heterocycles. The van der Waals surface area contributed by atoms with E-state index in [0.717, 1.165) is 12.1 Å². The lowest BCUT2D eigenvalue weighted by Crippen LogP contribution is -2.14. The van der Waals surface area contributed by atoms with Gasteiger partial charge in [0.2, 0.25) is 0 Å². The molecule has 0 radical (unpaired) electrons. The molecule has 0 amide bonds. The molecule has 1 unspecified atom stereocenters. The third-order valence-corrected chi connectivity index (χ3v) is 4.01. The minimum atomic E-state index is 0.329. The lowest BCUT2D eigenvalue weighted by molar-refractivity contribution is 0.652. The molecule has 1 fully saturated rings. The van der Waals surface area contributed by atoms with Gasteiger partial charge in [0, 0.05) is 11.7 Å². The Hall–Kier alpha value is -0.970. The smallest absolute Gasteiger partial charge is 0.169 e. The minimum absolute atomic E-state index is 0.329. The molecule has 1 aromatic rings. The molecule has 0 saturated carbocycles. The quantitative estimate of drug-likeness (QED) is 0.795. The summed E-state index contributed by atoms with van der Waals surface area (Å²) in [4.78, 5) is 0. The number of nitrogens with zero attached hydrogens (tertiary/aromatic N) is 2. The maximum absolute atomic E-state index is 5.69. The summed E-state index contributed by atoms with van der Waals surface area (Å²) in [7, 11) is 0. The highest BCUT2D eigenvalue weighted by molar-refractivity contribution is 7.99. The van der Waals surface area contributed by atoms with Gasteiger partial charge in [0.05, 0.1) is 11.4 Å². The Morgan fingerprint density at radius 3 is 2.87 bits per heavy atom. The van der Waals surface area contributed by atoms with Crippen molar-refractivity contribution in [2.45, 2.75) is 30.9 Å². The number of rotatable bonds is 2. The zero-order valence-corrected chi connectivity index (χ0v) is 9.46. The average molecular weight is 224 g/mol. The van der Waals surface area contributed by atoms with Crippen LogP contribution in [-0.2, 0) is 6.42 Å². The first-order chi connectivity index (χ1) is 7.25. The van der Waals surface area contributed by atoms with Crippen molar-refractivity contribution in [1.29, 1.82) is 0 Å². The van der Waals surface area contributed by atoms with Gasteiger partial charge >= 0.3 is 0 Å². The molecule has 1 saturated heterocycles. The van der Waals surface area contributed by atoms with E-state index in [-0.39, 0.29) is 0 Å². The number of hydrogen-bond donors (Lipinski definition) is 2. The highest BCUT2D eigenvalue weighted by Crippen LogP contribution is 2.27. The molecule has 15 heavy (non-hydrogen) atoms. The molecular weight excluding hydrogens is 208 g/mol. The second-order valence-corrected chi connectivity index (χ2v) is 5.28. The van der Waals surface area contributed by atoms with Crippen molar-refractivity contribution >= 4 is 23.3 Å². The second kappa shape index (κ2) is 4.70. The minimum Gasteiger partial charge on any atom is -0.396 e. The van der Waals surface area contributed by atoms with Gasteiger partial charge in [-0.25, -0.2) is 0 Å². The van der Waals surface area contributed by atoms with Gasteiger partial charge in [-0.15, -0.1) is 5.10 Å². The summed E-state index contributed by atoms with van der Waals surface area (Å²) in [5, 5.41) is 8.58. The summed E-state index contributed by atoms with van der Waals surface area (Å²) >= 11 is 2.03. The largest absolute Gasteiger partial charge is 0.396 e. The van der Waals surface area contributed by atoms with E-state index in [1.807, 2.05) is 17.8 Å². The molecule has 4 N–H and O–H groups in total. The number of anilines is 2. The third kappa shape index (κ3) is 2.75. The summed E-state index contributed by atoms with van der Waals surface area (Å²) in [5.74, 6) is 1.60. The molecule has 1 atom stereocenters. The van der Waals surface area contributed by atoms with Gasteiger partial charge in [-0.05, 0) is 24.7 Å². The Kier molecular flexibility index (Phi) is 3.30. The highest BCUT2D eigenvalue weighted by atomic mass is 32.2. The molecule has 1 aliphatic heterocycles. The average Bonchev–Trinajstić information content (AvgIpc) is 2.25. The Morgan fingerprint density at radius 2 is 2.20 bits per heavy atom. The van der Waals surface area contributed by atoms with Crippen molar-refractivity contribution in [3.8, 4) is 0 Å². The SMILES string of the molecule is Nc1cc(CC2CCCCS2)nnc1N. The van der Waals surface area contributed by atoms with Gasteiger partial charge in [-0.3, -0.25) is 0 Å². The van der Waals surface area contributed by atoms with E-state index in [4.69, 9.17) is 11.5 Å². The van der Waals surface area contributed by atoms with E-state index in [9.17, 15) is 0 Å². The number of thioether (sulfide) groups is 1. The molecule has 2 heterocycles. The van der Waals surface area contributed by atoms with Crippen LogP contribution < -0.4 is 11.5 Å².